The number of rotatable bonds is 5. The van der Waals surface area contributed by atoms with E-state index in [1.165, 1.54) is 10.9 Å². The van der Waals surface area contributed by atoms with Gasteiger partial charge in [0.05, 0.1) is 22.6 Å². The van der Waals surface area contributed by atoms with Gasteiger partial charge in [-0.05, 0) is 6.07 Å². The Balaban J connectivity index is 1.91. The number of aryl methyl sites for hydroxylation is 1. The summed E-state index contributed by atoms with van der Waals surface area (Å²) in [6.07, 6.45) is -3.33. The highest BCUT2D eigenvalue weighted by molar-refractivity contribution is 8.00. The summed E-state index contributed by atoms with van der Waals surface area (Å²) >= 11 is 0.730. The van der Waals surface area contributed by atoms with E-state index in [4.69, 9.17) is 4.52 Å². The number of nitriles is 1. The lowest BCUT2D eigenvalue weighted by molar-refractivity contribution is -0.739. The Bertz CT molecular complexity index is 1080. The van der Waals surface area contributed by atoms with Crippen molar-refractivity contribution in [3.05, 3.63) is 53.7 Å². The van der Waals surface area contributed by atoms with Gasteiger partial charge in [-0.2, -0.15) is 18.4 Å². The number of carbonyl (C=O) groups excluding carboxylic acids is 1. The fourth-order valence-electron chi connectivity index (χ4n) is 2.40. The quantitative estimate of drug-likeness (QED) is 0.503. The number of aromatic nitrogens is 3. The summed E-state index contributed by atoms with van der Waals surface area (Å²) in [5.74, 6) is -0.738. The fourth-order valence-corrected chi connectivity index (χ4v) is 3.21. The number of thioether (sulfide) groups is 1. The van der Waals surface area contributed by atoms with E-state index in [1.807, 2.05) is 0 Å². The number of hydrogen-bond acceptors (Lipinski definition) is 6. The second-order valence-corrected chi connectivity index (χ2v) is 6.75. The molecule has 0 fully saturated rings. The number of anilines is 1. The first kappa shape index (κ1) is 20.3. The Morgan fingerprint density at radius 2 is 2.07 bits per heavy atom. The molecule has 3 rings (SSSR count). The van der Waals surface area contributed by atoms with Gasteiger partial charge in [0.25, 0.3) is 6.20 Å². The highest BCUT2D eigenvalue weighted by Crippen LogP contribution is 2.37. The van der Waals surface area contributed by atoms with E-state index in [-0.39, 0.29) is 22.4 Å². The number of benzene rings is 1. The molecule has 0 saturated carbocycles. The molecular weight excluding hydrogens is 407 g/mol. The maximum Gasteiger partial charge on any atom is 0.417 e. The van der Waals surface area contributed by atoms with Gasteiger partial charge >= 0.3 is 12.1 Å². The van der Waals surface area contributed by atoms with Gasteiger partial charge in [-0.25, -0.2) is 4.98 Å². The van der Waals surface area contributed by atoms with Gasteiger partial charge in [-0.15, -0.1) is 0 Å². The Hall–Kier alpha value is -3.39. The molecular formula is C18H13F3N5O2S+. The van der Waals surface area contributed by atoms with Crippen LogP contribution < -0.4 is 10.00 Å². The molecule has 29 heavy (non-hydrogen) atoms. The summed E-state index contributed by atoms with van der Waals surface area (Å²) in [5, 5.41) is 15.1. The van der Waals surface area contributed by atoms with Crippen LogP contribution in [-0.2, 0) is 18.0 Å². The normalized spacial score (nSPS) is 11.1. The lowest BCUT2D eigenvalue weighted by Gasteiger charge is -2.14. The maximum atomic E-state index is 13.5. The van der Waals surface area contributed by atoms with Crippen molar-refractivity contribution in [2.24, 2.45) is 7.05 Å². The smallest absolute Gasteiger partial charge is 0.288 e. The lowest BCUT2D eigenvalue weighted by atomic mass is 10.1. The molecule has 0 unspecified atom stereocenters. The van der Waals surface area contributed by atoms with Crippen LogP contribution in [-0.4, -0.2) is 21.9 Å². The van der Waals surface area contributed by atoms with Crippen LogP contribution >= 0.6 is 11.8 Å². The van der Waals surface area contributed by atoms with Crippen LogP contribution in [0.2, 0.25) is 0 Å². The molecule has 0 atom stereocenters. The second-order valence-electron chi connectivity index (χ2n) is 5.79. The lowest BCUT2D eigenvalue weighted by Crippen LogP contribution is -2.28. The topological polar surface area (TPSA) is 95.7 Å². The van der Waals surface area contributed by atoms with Crippen LogP contribution in [0.25, 0.3) is 11.3 Å². The number of nitrogens with zero attached hydrogens (tertiary/aromatic N) is 4. The van der Waals surface area contributed by atoms with Crippen LogP contribution in [0, 0.1) is 11.3 Å². The molecule has 0 aliphatic heterocycles. The van der Waals surface area contributed by atoms with Crippen molar-refractivity contribution in [1.29, 1.82) is 5.26 Å². The number of pyridine rings is 1. The number of halogens is 3. The van der Waals surface area contributed by atoms with E-state index in [2.05, 4.69) is 15.6 Å². The number of alkyl halides is 3. The van der Waals surface area contributed by atoms with Crippen molar-refractivity contribution < 1.29 is 27.2 Å². The molecule has 0 bridgehead atoms. The average molecular weight is 420 g/mol. The predicted octanol–water partition coefficient (Wildman–Crippen LogP) is 3.18. The molecule has 0 spiro atoms. The van der Waals surface area contributed by atoms with Crippen LogP contribution in [0.15, 0.2) is 52.1 Å². The zero-order chi connectivity index (χ0) is 21.0. The first-order valence-electron chi connectivity index (χ1n) is 8.11. The number of carbonyl (C=O) groups is 1. The van der Waals surface area contributed by atoms with Gasteiger partial charge in [0.1, 0.15) is 11.1 Å². The molecule has 1 aromatic carbocycles. The zero-order valence-electron chi connectivity index (χ0n) is 14.9. The summed E-state index contributed by atoms with van der Waals surface area (Å²) in [7, 11) is 1.59. The minimum absolute atomic E-state index is 0.0575. The number of hydrogen-bond donors (Lipinski definition) is 1. The van der Waals surface area contributed by atoms with Crippen molar-refractivity contribution in [3.8, 4) is 17.3 Å². The van der Waals surface area contributed by atoms with Crippen LogP contribution in [0.1, 0.15) is 11.1 Å². The minimum atomic E-state index is -4.75. The fraction of sp³-hybridized carbons (Fsp3) is 0.167. The highest BCUT2D eigenvalue weighted by atomic mass is 32.2. The van der Waals surface area contributed by atoms with E-state index in [0.29, 0.717) is 5.56 Å². The summed E-state index contributed by atoms with van der Waals surface area (Å²) in [6, 6.07) is 10.7. The third-order valence-electron chi connectivity index (χ3n) is 3.65. The van der Waals surface area contributed by atoms with Crippen LogP contribution in [0.4, 0.5) is 19.1 Å². The molecule has 2 heterocycles. The Kier molecular flexibility index (Phi) is 5.84. The van der Waals surface area contributed by atoms with Gasteiger partial charge in [0.2, 0.25) is 5.91 Å². The molecule has 0 aliphatic carbocycles. The molecule has 1 amide bonds. The predicted molar refractivity (Wildman–Crippen MR) is 96.4 cm³/mol. The molecule has 0 radical (unpaired) electrons. The SMILES string of the molecule is C[n+]1cc(NC(=O)CSc2nc(-c3ccccc3)cc(C(F)(F)F)c2C#N)on1. The molecule has 3 aromatic rings. The second kappa shape index (κ2) is 8.32. The van der Waals surface area contributed by atoms with Crippen LogP contribution in [0.5, 0.6) is 0 Å². The van der Waals surface area contributed by atoms with E-state index in [0.717, 1.165) is 17.8 Å². The molecule has 7 nitrogen and oxygen atoms in total. The molecule has 2 aromatic heterocycles. The minimum Gasteiger partial charge on any atom is -0.288 e. The third-order valence-corrected chi connectivity index (χ3v) is 4.62. The highest BCUT2D eigenvalue weighted by Gasteiger charge is 2.36. The Labute approximate surface area is 167 Å². The molecule has 0 aliphatic rings. The number of nitrogens with one attached hydrogen (secondary N) is 1. The van der Waals surface area contributed by atoms with Crippen molar-refractivity contribution in [2.45, 2.75) is 11.2 Å². The van der Waals surface area contributed by atoms with Crippen LogP contribution in [0.3, 0.4) is 0 Å². The summed E-state index contributed by atoms with van der Waals surface area (Å²) in [5.41, 5.74) is -1.20. The van der Waals surface area contributed by atoms with Gasteiger partial charge in [-0.1, -0.05) is 46.8 Å². The Morgan fingerprint density at radius 3 is 2.66 bits per heavy atom. The standard InChI is InChI=1S/C18H12F3N5O2S/c1-26-9-16(28-25-26)24-15(27)10-29-17-12(8-22)13(18(19,20)21)7-14(23-17)11-5-3-2-4-6-11/h2-7,9H,10H2,1H3/p+1. The van der Waals surface area contributed by atoms with Gasteiger partial charge in [-0.3, -0.25) is 14.6 Å². The van der Waals surface area contributed by atoms with Gasteiger partial charge < -0.3 is 0 Å². The van der Waals surface area contributed by atoms with E-state index in [1.54, 1.807) is 43.4 Å². The van der Waals surface area contributed by atoms with Crippen molar-refractivity contribution in [2.75, 3.05) is 11.1 Å². The van der Waals surface area contributed by atoms with Crippen molar-refractivity contribution >= 4 is 23.6 Å². The monoisotopic (exact) mass is 420 g/mol. The molecule has 1 N–H and O–H groups in total. The zero-order valence-corrected chi connectivity index (χ0v) is 15.7. The number of amides is 1. The summed E-state index contributed by atoms with van der Waals surface area (Å²) in [4.78, 5) is 16.3. The first-order chi connectivity index (χ1) is 13.8. The average Bonchev–Trinajstić information content (AvgIpc) is 3.10. The van der Waals surface area contributed by atoms with E-state index in [9.17, 15) is 23.2 Å². The van der Waals surface area contributed by atoms with Gasteiger partial charge in [0, 0.05) is 5.56 Å². The third kappa shape index (κ3) is 4.91. The van der Waals surface area contributed by atoms with Crippen molar-refractivity contribution in [1.82, 2.24) is 10.3 Å². The summed E-state index contributed by atoms with van der Waals surface area (Å²) in [6.45, 7) is 0. The van der Waals surface area contributed by atoms with Gasteiger partial charge in [0.15, 0.2) is 12.3 Å². The largest absolute Gasteiger partial charge is 0.417 e. The van der Waals surface area contributed by atoms with E-state index >= 15 is 0 Å². The Morgan fingerprint density at radius 1 is 1.34 bits per heavy atom. The molecule has 0 saturated heterocycles. The summed E-state index contributed by atoms with van der Waals surface area (Å²) < 4.78 is 46.7. The molecule has 148 valence electrons. The van der Waals surface area contributed by atoms with Crippen molar-refractivity contribution in [3.63, 3.8) is 0 Å². The molecule has 11 heteroatoms. The first-order valence-corrected chi connectivity index (χ1v) is 9.09. The van der Waals surface area contributed by atoms with E-state index < -0.39 is 23.2 Å². The maximum absolute atomic E-state index is 13.5.